The van der Waals surface area contributed by atoms with Gasteiger partial charge in [-0.05, 0) is 12.5 Å². The van der Waals surface area contributed by atoms with Crippen LogP contribution in [0.1, 0.15) is 17.0 Å². The van der Waals surface area contributed by atoms with E-state index in [2.05, 4.69) is 10.1 Å². The first-order valence-corrected chi connectivity index (χ1v) is 9.42. The molecule has 6 nitrogen and oxygen atoms in total. The van der Waals surface area contributed by atoms with Gasteiger partial charge in [0.25, 0.3) is 0 Å². The number of hydrogen-bond donors (Lipinski definition) is 0. The quantitative estimate of drug-likeness (QED) is 0.678. The van der Waals surface area contributed by atoms with Crippen LogP contribution in [-0.4, -0.2) is 29.9 Å². The van der Waals surface area contributed by atoms with Gasteiger partial charge in [0.2, 0.25) is 21.7 Å². The van der Waals surface area contributed by atoms with E-state index in [1.807, 2.05) is 61.5 Å². The highest BCUT2D eigenvalue weighted by molar-refractivity contribution is 7.88. The molecular formula is C18H19N3O3S. The Morgan fingerprint density at radius 2 is 1.72 bits per heavy atom. The van der Waals surface area contributed by atoms with Crippen molar-refractivity contribution in [3.63, 3.8) is 0 Å². The standard InChI is InChI=1S/C18H19N3O3S/c1-14-8-10-15(11-9-14)13-25(22,23)21(2)12-17-19-18(20-24-17)16-6-4-3-5-7-16/h3-11H,12-13H2,1-2H3. The zero-order valence-corrected chi connectivity index (χ0v) is 14.9. The van der Waals surface area contributed by atoms with Gasteiger partial charge in [0.05, 0.1) is 12.3 Å². The van der Waals surface area contributed by atoms with Crippen molar-refractivity contribution in [2.45, 2.75) is 19.2 Å². The lowest BCUT2D eigenvalue weighted by molar-refractivity contribution is 0.336. The third-order valence-electron chi connectivity index (χ3n) is 3.80. The Bertz CT molecular complexity index is 935. The van der Waals surface area contributed by atoms with Crippen molar-refractivity contribution in [2.75, 3.05) is 7.05 Å². The molecule has 0 aliphatic rings. The largest absolute Gasteiger partial charge is 0.338 e. The Morgan fingerprint density at radius 3 is 2.40 bits per heavy atom. The van der Waals surface area contributed by atoms with Gasteiger partial charge >= 0.3 is 0 Å². The maximum Gasteiger partial charge on any atom is 0.242 e. The summed E-state index contributed by atoms with van der Waals surface area (Å²) < 4.78 is 31.4. The van der Waals surface area contributed by atoms with Crippen LogP contribution in [0.15, 0.2) is 59.1 Å². The molecule has 0 spiro atoms. The summed E-state index contributed by atoms with van der Waals surface area (Å²) in [5.41, 5.74) is 2.66. The summed E-state index contributed by atoms with van der Waals surface area (Å²) in [7, 11) is -1.96. The fraction of sp³-hybridized carbons (Fsp3) is 0.222. The van der Waals surface area contributed by atoms with Crippen molar-refractivity contribution in [1.29, 1.82) is 0 Å². The smallest absolute Gasteiger partial charge is 0.242 e. The molecule has 7 heteroatoms. The van der Waals surface area contributed by atoms with Crippen LogP contribution in [-0.2, 0) is 22.3 Å². The molecule has 25 heavy (non-hydrogen) atoms. The number of sulfonamides is 1. The van der Waals surface area contributed by atoms with Crippen molar-refractivity contribution in [2.24, 2.45) is 0 Å². The number of aromatic nitrogens is 2. The second-order valence-electron chi connectivity index (χ2n) is 5.88. The summed E-state index contributed by atoms with van der Waals surface area (Å²) in [6.07, 6.45) is 0. The molecule has 0 radical (unpaired) electrons. The summed E-state index contributed by atoms with van der Waals surface area (Å²) in [4.78, 5) is 4.27. The van der Waals surface area contributed by atoms with Crippen LogP contribution in [0.5, 0.6) is 0 Å². The molecule has 2 aromatic carbocycles. The second kappa shape index (κ2) is 7.16. The molecule has 1 heterocycles. The SMILES string of the molecule is Cc1ccc(CS(=O)(=O)N(C)Cc2nc(-c3ccccc3)no2)cc1. The Morgan fingerprint density at radius 1 is 1.04 bits per heavy atom. The summed E-state index contributed by atoms with van der Waals surface area (Å²) in [6.45, 7) is 2.00. The van der Waals surface area contributed by atoms with Crippen LogP contribution in [0.3, 0.4) is 0 Å². The first-order valence-electron chi connectivity index (χ1n) is 7.81. The van der Waals surface area contributed by atoms with Gasteiger partial charge in [-0.1, -0.05) is 65.3 Å². The Labute approximate surface area is 147 Å². The molecule has 3 rings (SSSR count). The minimum Gasteiger partial charge on any atom is -0.338 e. The van der Waals surface area contributed by atoms with E-state index in [9.17, 15) is 8.42 Å². The van der Waals surface area contributed by atoms with Gasteiger partial charge in [-0.25, -0.2) is 8.42 Å². The Kier molecular flexibility index (Phi) is 4.96. The molecule has 0 N–H and O–H groups in total. The van der Waals surface area contributed by atoms with Gasteiger partial charge in [0, 0.05) is 12.6 Å². The molecule has 0 aliphatic heterocycles. The maximum absolute atomic E-state index is 12.5. The lowest BCUT2D eigenvalue weighted by atomic mass is 10.2. The molecule has 3 aromatic rings. The van der Waals surface area contributed by atoms with Crippen LogP contribution in [0, 0.1) is 6.92 Å². The van der Waals surface area contributed by atoms with Gasteiger partial charge in [-0.15, -0.1) is 0 Å². The van der Waals surface area contributed by atoms with E-state index in [4.69, 9.17) is 4.52 Å². The number of rotatable bonds is 6. The normalized spacial score (nSPS) is 11.8. The molecule has 0 aliphatic carbocycles. The van der Waals surface area contributed by atoms with E-state index in [0.29, 0.717) is 5.82 Å². The molecule has 0 atom stereocenters. The average Bonchev–Trinajstić information content (AvgIpc) is 3.06. The summed E-state index contributed by atoms with van der Waals surface area (Å²) in [6, 6.07) is 16.8. The molecule has 0 saturated heterocycles. The second-order valence-corrected chi connectivity index (χ2v) is 7.95. The van der Waals surface area contributed by atoms with E-state index in [1.165, 1.54) is 11.4 Å². The van der Waals surface area contributed by atoms with Gasteiger partial charge in [-0.3, -0.25) is 0 Å². The van der Waals surface area contributed by atoms with Crippen LogP contribution in [0.2, 0.25) is 0 Å². The molecular weight excluding hydrogens is 338 g/mol. The summed E-state index contributed by atoms with van der Waals surface area (Å²) in [5, 5.41) is 3.91. The van der Waals surface area contributed by atoms with Gasteiger partial charge in [0.15, 0.2) is 0 Å². The predicted molar refractivity (Wildman–Crippen MR) is 95.0 cm³/mol. The zero-order chi connectivity index (χ0) is 17.9. The minimum atomic E-state index is -3.47. The predicted octanol–water partition coefficient (Wildman–Crippen LogP) is 3.01. The van der Waals surface area contributed by atoms with E-state index >= 15 is 0 Å². The van der Waals surface area contributed by atoms with E-state index in [-0.39, 0.29) is 18.2 Å². The van der Waals surface area contributed by atoms with Gasteiger partial charge in [0.1, 0.15) is 0 Å². The summed E-state index contributed by atoms with van der Waals surface area (Å²) >= 11 is 0. The topological polar surface area (TPSA) is 76.3 Å². The van der Waals surface area contributed by atoms with Crippen LogP contribution in [0.25, 0.3) is 11.4 Å². The lowest BCUT2D eigenvalue weighted by Crippen LogP contribution is -2.27. The van der Waals surface area contributed by atoms with Crippen molar-refractivity contribution < 1.29 is 12.9 Å². The molecule has 0 saturated carbocycles. The zero-order valence-electron chi connectivity index (χ0n) is 14.1. The van der Waals surface area contributed by atoms with Crippen LogP contribution >= 0.6 is 0 Å². The highest BCUT2D eigenvalue weighted by Crippen LogP contribution is 2.17. The Hall–Kier alpha value is -2.51. The molecule has 0 amide bonds. The number of hydrogen-bond acceptors (Lipinski definition) is 5. The highest BCUT2D eigenvalue weighted by Gasteiger charge is 2.21. The molecule has 0 bridgehead atoms. The maximum atomic E-state index is 12.5. The lowest BCUT2D eigenvalue weighted by Gasteiger charge is -2.15. The monoisotopic (exact) mass is 357 g/mol. The van der Waals surface area contributed by atoms with Crippen molar-refractivity contribution in [3.8, 4) is 11.4 Å². The molecule has 0 fully saturated rings. The van der Waals surface area contributed by atoms with Crippen molar-refractivity contribution in [3.05, 3.63) is 71.6 Å². The van der Waals surface area contributed by atoms with Crippen LogP contribution in [0.4, 0.5) is 0 Å². The van der Waals surface area contributed by atoms with E-state index in [0.717, 1.165) is 16.7 Å². The first kappa shape index (κ1) is 17.3. The van der Waals surface area contributed by atoms with E-state index < -0.39 is 10.0 Å². The first-order chi connectivity index (χ1) is 11.9. The highest BCUT2D eigenvalue weighted by atomic mass is 32.2. The number of nitrogens with zero attached hydrogens (tertiary/aromatic N) is 3. The van der Waals surface area contributed by atoms with Crippen LogP contribution < -0.4 is 0 Å². The fourth-order valence-electron chi connectivity index (χ4n) is 2.32. The molecule has 0 unspecified atom stereocenters. The number of benzene rings is 2. The van der Waals surface area contributed by atoms with Gasteiger partial charge < -0.3 is 4.52 Å². The average molecular weight is 357 g/mol. The fourth-order valence-corrected chi connectivity index (χ4v) is 3.46. The van der Waals surface area contributed by atoms with E-state index in [1.54, 1.807) is 0 Å². The third-order valence-corrected chi connectivity index (χ3v) is 5.58. The van der Waals surface area contributed by atoms with Gasteiger partial charge in [-0.2, -0.15) is 9.29 Å². The third kappa shape index (κ3) is 4.32. The van der Waals surface area contributed by atoms with Crippen molar-refractivity contribution in [1.82, 2.24) is 14.4 Å². The van der Waals surface area contributed by atoms with Crippen molar-refractivity contribution >= 4 is 10.0 Å². The summed E-state index contributed by atoms with van der Waals surface area (Å²) in [5.74, 6) is 0.637. The molecule has 130 valence electrons. The Balaban J connectivity index is 1.70. The minimum absolute atomic E-state index is 0.0357. The molecule has 1 aromatic heterocycles. The number of aryl methyl sites for hydroxylation is 1.